The Hall–Kier alpha value is -1.50. The fourth-order valence-corrected chi connectivity index (χ4v) is 1.56. The number of nitrogens with zero attached hydrogens (tertiary/aromatic N) is 2. The van der Waals surface area contributed by atoms with Gasteiger partial charge in [0.1, 0.15) is 11.0 Å². The second kappa shape index (κ2) is 6.10. The average Bonchev–Trinajstić information content (AvgIpc) is 2.33. The maximum absolute atomic E-state index is 12.6. The first-order chi connectivity index (χ1) is 8.74. The van der Waals surface area contributed by atoms with Gasteiger partial charge in [0, 0.05) is 27.1 Å². The van der Waals surface area contributed by atoms with Crippen LogP contribution in [0.2, 0.25) is 5.15 Å². The number of halogens is 4. The molecule has 0 saturated heterocycles. The third kappa shape index (κ3) is 4.59. The van der Waals surface area contributed by atoms with Crippen molar-refractivity contribution >= 4 is 23.3 Å². The number of carbonyl (C=O) groups is 1. The lowest BCUT2D eigenvalue weighted by Crippen LogP contribution is -2.27. The monoisotopic (exact) mass is 295 g/mol. The highest BCUT2D eigenvalue weighted by Gasteiger charge is 2.31. The molecule has 1 rings (SSSR count). The van der Waals surface area contributed by atoms with Crippen molar-refractivity contribution in [2.24, 2.45) is 0 Å². The van der Waals surface area contributed by atoms with Gasteiger partial charge in [0.15, 0.2) is 0 Å². The van der Waals surface area contributed by atoms with E-state index in [0.29, 0.717) is 0 Å². The van der Waals surface area contributed by atoms with Crippen LogP contribution in [-0.4, -0.2) is 31.5 Å². The highest BCUT2D eigenvalue weighted by Crippen LogP contribution is 2.32. The summed E-state index contributed by atoms with van der Waals surface area (Å²) < 4.78 is 37.8. The minimum Gasteiger partial charge on any atom is -0.359 e. The van der Waals surface area contributed by atoms with E-state index >= 15 is 0 Å². The second-order valence-corrected chi connectivity index (χ2v) is 4.27. The molecular formula is C11H13ClF3N3O. The van der Waals surface area contributed by atoms with Crippen molar-refractivity contribution in [3.05, 3.63) is 22.8 Å². The minimum absolute atomic E-state index is 0.0729. The Labute approximate surface area is 113 Å². The average molecular weight is 296 g/mol. The third-order valence-electron chi connectivity index (χ3n) is 2.45. The van der Waals surface area contributed by atoms with Gasteiger partial charge in [0.2, 0.25) is 5.91 Å². The summed E-state index contributed by atoms with van der Waals surface area (Å²) in [4.78, 5) is 16.3. The van der Waals surface area contributed by atoms with E-state index in [1.807, 2.05) is 0 Å². The number of rotatable bonds is 4. The summed E-state index contributed by atoms with van der Waals surface area (Å²) in [5.41, 5.74) is -0.866. The van der Waals surface area contributed by atoms with Crippen LogP contribution < -0.4 is 10.2 Å². The van der Waals surface area contributed by atoms with E-state index in [9.17, 15) is 18.0 Å². The van der Waals surface area contributed by atoms with Gasteiger partial charge in [-0.25, -0.2) is 4.98 Å². The summed E-state index contributed by atoms with van der Waals surface area (Å²) in [6, 6.07) is 1.66. The smallest absolute Gasteiger partial charge is 0.359 e. The van der Waals surface area contributed by atoms with Crippen LogP contribution in [0.5, 0.6) is 0 Å². The molecule has 1 aromatic rings. The Balaban J connectivity index is 2.88. The number of hydrogen-bond donors (Lipinski definition) is 1. The summed E-state index contributed by atoms with van der Waals surface area (Å²) in [7, 11) is 3.03. The number of amides is 1. The molecule has 0 aromatic carbocycles. The van der Waals surface area contributed by atoms with Crippen LogP contribution in [0.25, 0.3) is 0 Å². The Morgan fingerprint density at radius 3 is 2.63 bits per heavy atom. The van der Waals surface area contributed by atoms with Gasteiger partial charge in [-0.3, -0.25) is 4.79 Å². The molecule has 19 heavy (non-hydrogen) atoms. The SMILES string of the molecule is CNC(=O)CCN(C)c1cc(C(F)(F)F)cc(Cl)n1. The summed E-state index contributed by atoms with van der Waals surface area (Å²) >= 11 is 5.57. The molecule has 8 heteroatoms. The number of aromatic nitrogens is 1. The largest absolute Gasteiger partial charge is 0.416 e. The molecule has 0 saturated carbocycles. The van der Waals surface area contributed by atoms with Gasteiger partial charge in [0.25, 0.3) is 0 Å². The molecule has 4 nitrogen and oxygen atoms in total. The van der Waals surface area contributed by atoms with Crippen molar-refractivity contribution in [1.29, 1.82) is 0 Å². The van der Waals surface area contributed by atoms with Crippen LogP contribution >= 0.6 is 11.6 Å². The predicted molar refractivity (Wildman–Crippen MR) is 66.2 cm³/mol. The van der Waals surface area contributed by atoms with Crippen molar-refractivity contribution in [3.8, 4) is 0 Å². The number of nitrogens with one attached hydrogen (secondary N) is 1. The zero-order chi connectivity index (χ0) is 14.6. The van der Waals surface area contributed by atoms with Crippen LogP contribution in [0.3, 0.4) is 0 Å². The molecule has 0 aliphatic heterocycles. The molecule has 1 aromatic heterocycles. The van der Waals surface area contributed by atoms with Crippen LogP contribution in [0.4, 0.5) is 19.0 Å². The van der Waals surface area contributed by atoms with Crippen molar-refractivity contribution in [2.45, 2.75) is 12.6 Å². The first kappa shape index (κ1) is 15.6. The van der Waals surface area contributed by atoms with Gasteiger partial charge in [-0.15, -0.1) is 0 Å². The first-order valence-corrected chi connectivity index (χ1v) is 5.78. The lowest BCUT2D eigenvalue weighted by Gasteiger charge is -2.19. The van der Waals surface area contributed by atoms with Crippen LogP contribution in [0.1, 0.15) is 12.0 Å². The molecule has 0 spiro atoms. The van der Waals surface area contributed by atoms with Gasteiger partial charge in [-0.2, -0.15) is 13.2 Å². The zero-order valence-electron chi connectivity index (χ0n) is 10.4. The Morgan fingerprint density at radius 2 is 2.11 bits per heavy atom. The molecule has 106 valence electrons. The molecule has 0 unspecified atom stereocenters. The summed E-state index contributed by atoms with van der Waals surface area (Å²) in [5, 5.41) is 2.19. The number of hydrogen-bond acceptors (Lipinski definition) is 3. The van der Waals surface area contributed by atoms with Gasteiger partial charge in [0.05, 0.1) is 5.56 Å². The third-order valence-corrected chi connectivity index (χ3v) is 2.65. The number of anilines is 1. The van der Waals surface area contributed by atoms with Gasteiger partial charge >= 0.3 is 6.18 Å². The predicted octanol–water partition coefficient (Wildman–Crippen LogP) is 2.33. The van der Waals surface area contributed by atoms with E-state index in [2.05, 4.69) is 10.3 Å². The Bertz CT molecular complexity index is 465. The molecule has 0 atom stereocenters. The van der Waals surface area contributed by atoms with E-state index in [4.69, 9.17) is 11.6 Å². The zero-order valence-corrected chi connectivity index (χ0v) is 11.1. The van der Waals surface area contributed by atoms with E-state index in [0.717, 1.165) is 12.1 Å². The quantitative estimate of drug-likeness (QED) is 0.867. The van der Waals surface area contributed by atoms with Crippen molar-refractivity contribution in [3.63, 3.8) is 0 Å². The van der Waals surface area contributed by atoms with Crippen molar-refractivity contribution in [1.82, 2.24) is 10.3 Å². The minimum atomic E-state index is -4.48. The van der Waals surface area contributed by atoms with Crippen molar-refractivity contribution < 1.29 is 18.0 Å². The highest BCUT2D eigenvalue weighted by molar-refractivity contribution is 6.29. The molecule has 0 radical (unpaired) electrons. The maximum Gasteiger partial charge on any atom is 0.416 e. The molecule has 0 bridgehead atoms. The summed E-state index contributed by atoms with van der Waals surface area (Å²) in [5.74, 6) is -0.131. The second-order valence-electron chi connectivity index (χ2n) is 3.88. The highest BCUT2D eigenvalue weighted by atomic mass is 35.5. The van der Waals surface area contributed by atoms with Crippen LogP contribution in [0.15, 0.2) is 12.1 Å². The van der Waals surface area contributed by atoms with Gasteiger partial charge in [-0.1, -0.05) is 11.6 Å². The molecule has 1 amide bonds. The molecule has 1 N–H and O–H groups in total. The Morgan fingerprint density at radius 1 is 1.47 bits per heavy atom. The molecule has 1 heterocycles. The van der Waals surface area contributed by atoms with E-state index in [-0.39, 0.29) is 29.8 Å². The topological polar surface area (TPSA) is 45.2 Å². The van der Waals surface area contributed by atoms with E-state index in [1.165, 1.54) is 11.9 Å². The number of alkyl halides is 3. The molecule has 0 fully saturated rings. The van der Waals surface area contributed by atoms with Crippen LogP contribution in [-0.2, 0) is 11.0 Å². The first-order valence-electron chi connectivity index (χ1n) is 5.40. The normalized spacial score (nSPS) is 11.3. The Kier molecular flexibility index (Phi) is 4.99. The lowest BCUT2D eigenvalue weighted by molar-refractivity contribution is -0.137. The number of carbonyl (C=O) groups excluding carboxylic acids is 1. The van der Waals surface area contributed by atoms with Gasteiger partial charge < -0.3 is 10.2 Å². The molecule has 0 aliphatic rings. The van der Waals surface area contributed by atoms with Crippen LogP contribution in [0, 0.1) is 0 Å². The van der Waals surface area contributed by atoms with Crippen molar-refractivity contribution in [2.75, 3.05) is 25.5 Å². The van der Waals surface area contributed by atoms with Gasteiger partial charge in [-0.05, 0) is 12.1 Å². The van der Waals surface area contributed by atoms with E-state index < -0.39 is 11.7 Å². The lowest BCUT2D eigenvalue weighted by atomic mass is 10.2. The fourth-order valence-electron chi connectivity index (χ4n) is 1.35. The summed E-state index contributed by atoms with van der Waals surface area (Å²) in [6.45, 7) is 0.240. The molecular weight excluding hydrogens is 283 g/mol. The fraction of sp³-hybridized carbons (Fsp3) is 0.455. The van der Waals surface area contributed by atoms with E-state index in [1.54, 1.807) is 7.05 Å². The standard InChI is InChI=1S/C11H13ClF3N3O/c1-16-10(19)3-4-18(2)9-6-7(11(13,14)15)5-8(12)17-9/h5-6H,3-4H2,1-2H3,(H,16,19). The summed E-state index contributed by atoms with van der Waals surface area (Å²) in [6.07, 6.45) is -4.33. The maximum atomic E-state index is 12.6. The number of pyridine rings is 1. The molecule has 0 aliphatic carbocycles.